The largest absolute Gasteiger partial charge is 0.382 e. The van der Waals surface area contributed by atoms with Crippen LogP contribution in [0.5, 0.6) is 0 Å². The first-order chi connectivity index (χ1) is 9.15. The fraction of sp³-hybridized carbons (Fsp3) is 0.471. The van der Waals surface area contributed by atoms with Crippen LogP contribution in [0.25, 0.3) is 0 Å². The highest BCUT2D eigenvalue weighted by molar-refractivity contribution is 5.48. The zero-order valence-corrected chi connectivity index (χ0v) is 11.4. The fourth-order valence-corrected chi connectivity index (χ4v) is 2.73. The maximum absolute atomic E-state index is 8.85. The molecular weight excluding hydrogens is 232 g/mol. The molecular formula is C17H20N2. The second-order valence-corrected chi connectivity index (χ2v) is 5.79. The molecule has 2 rings (SSSR count). The molecule has 2 nitrogen and oxygen atoms in total. The third-order valence-corrected chi connectivity index (χ3v) is 4.12. The van der Waals surface area contributed by atoms with Crippen LogP contribution in [0.1, 0.15) is 44.6 Å². The minimum atomic E-state index is 0.222. The van der Waals surface area contributed by atoms with Gasteiger partial charge in [0.2, 0.25) is 0 Å². The van der Waals surface area contributed by atoms with Gasteiger partial charge < -0.3 is 5.32 Å². The Kier molecular flexibility index (Phi) is 4.13. The van der Waals surface area contributed by atoms with Gasteiger partial charge in [-0.3, -0.25) is 0 Å². The maximum atomic E-state index is 8.85. The van der Waals surface area contributed by atoms with Crippen LogP contribution in [0.3, 0.4) is 0 Å². The molecule has 0 saturated heterocycles. The highest BCUT2D eigenvalue weighted by Crippen LogP contribution is 2.39. The van der Waals surface area contributed by atoms with Crippen molar-refractivity contribution in [2.75, 3.05) is 5.32 Å². The van der Waals surface area contributed by atoms with Crippen molar-refractivity contribution in [2.45, 2.75) is 45.1 Å². The van der Waals surface area contributed by atoms with E-state index in [9.17, 15) is 0 Å². The third kappa shape index (κ3) is 3.52. The van der Waals surface area contributed by atoms with Crippen molar-refractivity contribution in [2.24, 2.45) is 5.41 Å². The lowest BCUT2D eigenvalue weighted by atomic mass is 9.72. The highest BCUT2D eigenvalue weighted by Gasteiger charge is 2.30. The summed E-state index contributed by atoms with van der Waals surface area (Å²) in [5.74, 6) is 2.62. The van der Waals surface area contributed by atoms with Gasteiger partial charge in [-0.15, -0.1) is 6.42 Å². The standard InChI is InChI=1S/C17H20N2/c1-3-14-4-6-15(7-5-14)19-16-8-10-17(2,11-9-16)12-13-18/h1,4-7,16,19H,8-12H2,2H3. The van der Waals surface area contributed by atoms with Gasteiger partial charge in [-0.05, 0) is 55.4 Å². The van der Waals surface area contributed by atoms with E-state index in [2.05, 4.69) is 24.2 Å². The van der Waals surface area contributed by atoms with E-state index in [-0.39, 0.29) is 5.41 Å². The topological polar surface area (TPSA) is 35.8 Å². The molecule has 0 aliphatic heterocycles. The molecule has 0 bridgehead atoms. The molecule has 0 radical (unpaired) electrons. The molecule has 0 amide bonds. The van der Waals surface area contributed by atoms with Gasteiger partial charge in [0.15, 0.2) is 0 Å². The van der Waals surface area contributed by atoms with Crippen LogP contribution < -0.4 is 5.32 Å². The van der Waals surface area contributed by atoms with Gasteiger partial charge in [-0.1, -0.05) is 12.8 Å². The van der Waals surface area contributed by atoms with E-state index in [0.29, 0.717) is 12.5 Å². The van der Waals surface area contributed by atoms with Crippen LogP contribution in [0.15, 0.2) is 24.3 Å². The number of anilines is 1. The summed E-state index contributed by atoms with van der Waals surface area (Å²) in [4.78, 5) is 0. The maximum Gasteiger partial charge on any atom is 0.0627 e. The van der Waals surface area contributed by atoms with E-state index in [4.69, 9.17) is 11.7 Å². The number of terminal acetylenes is 1. The lowest BCUT2D eigenvalue weighted by Gasteiger charge is -2.36. The molecule has 0 heterocycles. The Balaban J connectivity index is 1.89. The molecule has 0 unspecified atom stereocenters. The predicted molar refractivity (Wildman–Crippen MR) is 78.6 cm³/mol. The monoisotopic (exact) mass is 252 g/mol. The molecule has 0 spiro atoms. The van der Waals surface area contributed by atoms with E-state index in [1.165, 1.54) is 0 Å². The molecule has 0 atom stereocenters. The molecule has 1 N–H and O–H groups in total. The quantitative estimate of drug-likeness (QED) is 0.827. The van der Waals surface area contributed by atoms with Gasteiger partial charge in [-0.25, -0.2) is 0 Å². The second kappa shape index (κ2) is 5.81. The summed E-state index contributed by atoms with van der Waals surface area (Å²) in [5.41, 5.74) is 2.27. The normalized spacial score (nSPS) is 26.2. The first kappa shape index (κ1) is 13.5. The Labute approximate surface area is 115 Å². The SMILES string of the molecule is C#Cc1ccc(NC2CCC(C)(CC#N)CC2)cc1. The minimum Gasteiger partial charge on any atom is -0.382 e. The number of hydrogen-bond donors (Lipinski definition) is 1. The van der Waals surface area contributed by atoms with Gasteiger partial charge in [0.25, 0.3) is 0 Å². The summed E-state index contributed by atoms with van der Waals surface area (Å²) in [6.45, 7) is 2.23. The summed E-state index contributed by atoms with van der Waals surface area (Å²) in [7, 11) is 0. The van der Waals surface area contributed by atoms with Crippen molar-refractivity contribution in [1.29, 1.82) is 5.26 Å². The Morgan fingerprint density at radius 3 is 2.47 bits per heavy atom. The Bertz CT molecular complexity index is 494. The molecule has 1 fully saturated rings. The van der Waals surface area contributed by atoms with Gasteiger partial charge in [0.1, 0.15) is 0 Å². The predicted octanol–water partition coefficient (Wildman–Crippen LogP) is 3.94. The van der Waals surface area contributed by atoms with Crippen molar-refractivity contribution < 1.29 is 0 Å². The molecule has 1 aromatic rings. The number of nitriles is 1. The second-order valence-electron chi connectivity index (χ2n) is 5.79. The lowest BCUT2D eigenvalue weighted by Crippen LogP contribution is -2.31. The minimum absolute atomic E-state index is 0.222. The molecule has 0 aromatic heterocycles. The first-order valence-corrected chi connectivity index (χ1v) is 6.85. The van der Waals surface area contributed by atoms with Crippen LogP contribution in [-0.4, -0.2) is 6.04 Å². The lowest BCUT2D eigenvalue weighted by molar-refractivity contribution is 0.211. The van der Waals surface area contributed by atoms with Crippen LogP contribution in [0, 0.1) is 29.1 Å². The van der Waals surface area contributed by atoms with Crippen molar-refractivity contribution in [3.63, 3.8) is 0 Å². The van der Waals surface area contributed by atoms with Gasteiger partial charge in [0, 0.05) is 23.7 Å². The Morgan fingerprint density at radius 2 is 1.95 bits per heavy atom. The molecule has 19 heavy (non-hydrogen) atoms. The van der Waals surface area contributed by atoms with Crippen molar-refractivity contribution >= 4 is 5.69 Å². The Hall–Kier alpha value is -1.93. The van der Waals surface area contributed by atoms with Crippen molar-refractivity contribution in [3.8, 4) is 18.4 Å². The fourth-order valence-electron chi connectivity index (χ4n) is 2.73. The average Bonchev–Trinajstić information content (AvgIpc) is 2.43. The summed E-state index contributed by atoms with van der Waals surface area (Å²) in [5, 5.41) is 12.4. The van der Waals surface area contributed by atoms with Crippen LogP contribution >= 0.6 is 0 Å². The summed E-state index contributed by atoms with van der Waals surface area (Å²) < 4.78 is 0. The number of hydrogen-bond acceptors (Lipinski definition) is 2. The number of rotatable bonds is 3. The zero-order chi connectivity index (χ0) is 13.7. The zero-order valence-electron chi connectivity index (χ0n) is 11.4. The molecule has 98 valence electrons. The molecule has 1 aromatic carbocycles. The molecule has 1 aliphatic carbocycles. The number of benzene rings is 1. The van der Waals surface area contributed by atoms with E-state index in [1.807, 2.05) is 24.3 Å². The number of nitrogens with one attached hydrogen (secondary N) is 1. The van der Waals surface area contributed by atoms with Crippen LogP contribution in [0.2, 0.25) is 0 Å². The van der Waals surface area contributed by atoms with Gasteiger partial charge in [-0.2, -0.15) is 5.26 Å². The van der Waals surface area contributed by atoms with E-state index >= 15 is 0 Å². The highest BCUT2D eigenvalue weighted by atomic mass is 14.9. The van der Waals surface area contributed by atoms with Gasteiger partial charge in [0.05, 0.1) is 6.07 Å². The van der Waals surface area contributed by atoms with E-state index in [1.54, 1.807) is 0 Å². The van der Waals surface area contributed by atoms with Crippen molar-refractivity contribution in [1.82, 2.24) is 0 Å². The molecule has 1 aliphatic rings. The van der Waals surface area contributed by atoms with Crippen LogP contribution in [-0.2, 0) is 0 Å². The smallest absolute Gasteiger partial charge is 0.0627 e. The van der Waals surface area contributed by atoms with E-state index in [0.717, 1.165) is 36.9 Å². The summed E-state index contributed by atoms with van der Waals surface area (Å²) >= 11 is 0. The molecule has 1 saturated carbocycles. The number of nitrogens with zero attached hydrogens (tertiary/aromatic N) is 1. The Morgan fingerprint density at radius 1 is 1.32 bits per heavy atom. The third-order valence-electron chi connectivity index (χ3n) is 4.12. The van der Waals surface area contributed by atoms with Gasteiger partial charge >= 0.3 is 0 Å². The summed E-state index contributed by atoms with van der Waals surface area (Å²) in [6, 6.07) is 10.8. The average molecular weight is 252 g/mol. The van der Waals surface area contributed by atoms with Crippen LogP contribution in [0.4, 0.5) is 5.69 Å². The first-order valence-electron chi connectivity index (χ1n) is 6.85. The molecule has 2 heteroatoms. The van der Waals surface area contributed by atoms with Crippen molar-refractivity contribution in [3.05, 3.63) is 29.8 Å². The summed E-state index contributed by atoms with van der Waals surface area (Å²) in [6.07, 6.45) is 10.5. The van der Waals surface area contributed by atoms with E-state index < -0.39 is 0 Å².